The number of carbonyl (C=O) groups is 2. The minimum Gasteiger partial charge on any atom is -0.493 e. The van der Waals surface area contributed by atoms with Crippen molar-refractivity contribution < 1.29 is 19.1 Å². The number of benzene rings is 4. The predicted octanol–water partition coefficient (Wildman–Crippen LogP) is 6.66. The van der Waals surface area contributed by atoms with E-state index in [9.17, 15) is 9.59 Å². The summed E-state index contributed by atoms with van der Waals surface area (Å²) < 4.78 is 11.4. The van der Waals surface area contributed by atoms with E-state index >= 15 is 0 Å². The van der Waals surface area contributed by atoms with Crippen molar-refractivity contribution in [2.75, 3.05) is 7.11 Å². The first-order chi connectivity index (χ1) is 17.1. The SMILES string of the molecule is COc1cc(/C=C2/SC(=O)N(Cc3cccc4ccccc34)C2=O)ccc1OCc1ccccc1. The maximum Gasteiger partial charge on any atom is 0.293 e. The van der Waals surface area contributed by atoms with Gasteiger partial charge in [0.15, 0.2) is 11.5 Å². The summed E-state index contributed by atoms with van der Waals surface area (Å²) in [7, 11) is 1.58. The normalized spacial score (nSPS) is 14.7. The highest BCUT2D eigenvalue weighted by atomic mass is 32.2. The molecule has 6 heteroatoms. The number of fused-ring (bicyclic) bond motifs is 1. The lowest BCUT2D eigenvalue weighted by Crippen LogP contribution is -2.27. The summed E-state index contributed by atoms with van der Waals surface area (Å²) in [6.45, 7) is 0.655. The fourth-order valence-corrected chi connectivity index (χ4v) is 4.86. The van der Waals surface area contributed by atoms with Gasteiger partial charge in [-0.25, -0.2) is 0 Å². The highest BCUT2D eigenvalue weighted by molar-refractivity contribution is 8.18. The predicted molar refractivity (Wildman–Crippen MR) is 139 cm³/mol. The molecule has 4 aromatic carbocycles. The van der Waals surface area contributed by atoms with Crippen LogP contribution >= 0.6 is 11.8 Å². The molecule has 0 aromatic heterocycles. The second-order valence-electron chi connectivity index (χ2n) is 8.09. The fraction of sp³-hybridized carbons (Fsp3) is 0.103. The van der Waals surface area contributed by atoms with Gasteiger partial charge in [0.25, 0.3) is 11.1 Å². The third-order valence-electron chi connectivity index (χ3n) is 5.80. The van der Waals surface area contributed by atoms with Crippen molar-refractivity contribution in [3.63, 3.8) is 0 Å². The van der Waals surface area contributed by atoms with E-state index in [-0.39, 0.29) is 17.7 Å². The molecule has 4 aromatic rings. The number of methoxy groups -OCH3 is 1. The minimum absolute atomic E-state index is 0.235. The highest BCUT2D eigenvalue weighted by Gasteiger charge is 2.35. The Labute approximate surface area is 208 Å². The number of hydrogen-bond donors (Lipinski definition) is 0. The van der Waals surface area contributed by atoms with Crippen molar-refractivity contribution in [3.05, 3.63) is 113 Å². The van der Waals surface area contributed by atoms with E-state index in [1.165, 1.54) is 4.90 Å². The van der Waals surface area contributed by atoms with Gasteiger partial charge < -0.3 is 9.47 Å². The van der Waals surface area contributed by atoms with Crippen LogP contribution in [-0.4, -0.2) is 23.2 Å². The third-order valence-corrected chi connectivity index (χ3v) is 6.71. The Balaban J connectivity index is 1.34. The molecule has 0 radical (unpaired) electrons. The van der Waals surface area contributed by atoms with Crippen LogP contribution in [0.25, 0.3) is 16.8 Å². The van der Waals surface area contributed by atoms with Crippen molar-refractivity contribution in [1.29, 1.82) is 0 Å². The van der Waals surface area contributed by atoms with Gasteiger partial charge in [0.05, 0.1) is 18.6 Å². The van der Waals surface area contributed by atoms with Gasteiger partial charge in [0, 0.05) is 0 Å². The summed E-state index contributed by atoms with van der Waals surface area (Å²) in [5, 5.41) is 1.84. The fourth-order valence-electron chi connectivity index (χ4n) is 4.02. The summed E-state index contributed by atoms with van der Waals surface area (Å²) in [5.74, 6) is 0.874. The van der Waals surface area contributed by atoms with Crippen LogP contribution in [0.1, 0.15) is 16.7 Å². The van der Waals surface area contributed by atoms with E-state index in [1.807, 2.05) is 84.9 Å². The zero-order valence-electron chi connectivity index (χ0n) is 19.1. The Morgan fingerprint density at radius 1 is 0.857 bits per heavy atom. The summed E-state index contributed by atoms with van der Waals surface area (Å²) >= 11 is 0.953. The van der Waals surface area contributed by atoms with E-state index in [0.717, 1.165) is 39.2 Å². The molecule has 1 aliphatic heterocycles. The van der Waals surface area contributed by atoms with Crippen LogP contribution in [0.15, 0.2) is 95.9 Å². The second-order valence-corrected chi connectivity index (χ2v) is 9.08. The first-order valence-corrected chi connectivity index (χ1v) is 12.0. The summed E-state index contributed by atoms with van der Waals surface area (Å²) in [6, 6.07) is 29.2. The van der Waals surface area contributed by atoms with Crippen molar-refractivity contribution in [3.8, 4) is 11.5 Å². The van der Waals surface area contributed by atoms with Crippen LogP contribution in [0, 0.1) is 0 Å². The molecular formula is C29H23NO4S. The molecule has 1 heterocycles. The van der Waals surface area contributed by atoms with Crippen molar-refractivity contribution >= 4 is 39.8 Å². The smallest absolute Gasteiger partial charge is 0.293 e. The molecule has 0 spiro atoms. The summed E-state index contributed by atoms with van der Waals surface area (Å²) in [5.41, 5.74) is 2.75. The Morgan fingerprint density at radius 3 is 2.46 bits per heavy atom. The van der Waals surface area contributed by atoms with Crippen LogP contribution < -0.4 is 9.47 Å². The van der Waals surface area contributed by atoms with Gasteiger partial charge in [-0.3, -0.25) is 14.5 Å². The van der Waals surface area contributed by atoms with Crippen LogP contribution in [0.3, 0.4) is 0 Å². The molecule has 0 atom stereocenters. The first kappa shape index (κ1) is 22.7. The monoisotopic (exact) mass is 481 g/mol. The Hall–Kier alpha value is -4.03. The van der Waals surface area contributed by atoms with Gasteiger partial charge >= 0.3 is 0 Å². The molecule has 1 saturated heterocycles. The number of hydrogen-bond acceptors (Lipinski definition) is 5. The van der Waals surface area contributed by atoms with E-state index in [4.69, 9.17) is 9.47 Å². The standard InChI is InChI=1S/C29H23NO4S/c1-33-26-16-21(14-15-25(26)34-19-20-8-3-2-4-9-20)17-27-28(31)30(29(32)35-27)18-23-12-7-11-22-10-5-6-13-24(22)23/h2-17H,18-19H2,1H3/b27-17+. The highest BCUT2D eigenvalue weighted by Crippen LogP contribution is 2.36. The lowest BCUT2D eigenvalue weighted by Gasteiger charge is -2.14. The largest absolute Gasteiger partial charge is 0.493 e. The number of thioether (sulfide) groups is 1. The van der Waals surface area contributed by atoms with E-state index < -0.39 is 0 Å². The van der Waals surface area contributed by atoms with Crippen molar-refractivity contribution in [1.82, 2.24) is 4.90 Å². The zero-order valence-corrected chi connectivity index (χ0v) is 20.0. The van der Waals surface area contributed by atoms with Gasteiger partial charge in [-0.2, -0.15) is 0 Å². The zero-order chi connectivity index (χ0) is 24.2. The van der Waals surface area contributed by atoms with Gasteiger partial charge in [0.2, 0.25) is 0 Å². The molecule has 0 N–H and O–H groups in total. The number of imide groups is 1. The molecular weight excluding hydrogens is 458 g/mol. The average Bonchev–Trinajstić information content (AvgIpc) is 3.15. The van der Waals surface area contributed by atoms with Gasteiger partial charge in [-0.05, 0) is 57.4 Å². The summed E-state index contributed by atoms with van der Waals surface area (Å²) in [4.78, 5) is 27.5. The minimum atomic E-state index is -0.295. The topological polar surface area (TPSA) is 55.8 Å². The molecule has 174 valence electrons. The van der Waals surface area contributed by atoms with E-state index in [2.05, 4.69) is 0 Å². The van der Waals surface area contributed by atoms with E-state index in [0.29, 0.717) is 23.0 Å². The Kier molecular flexibility index (Phi) is 6.55. The maximum atomic E-state index is 13.1. The van der Waals surface area contributed by atoms with Crippen LogP contribution in [0.5, 0.6) is 11.5 Å². The molecule has 35 heavy (non-hydrogen) atoms. The number of rotatable bonds is 7. The molecule has 0 aliphatic carbocycles. The van der Waals surface area contributed by atoms with Gasteiger partial charge in [0.1, 0.15) is 6.61 Å². The van der Waals surface area contributed by atoms with Crippen LogP contribution in [-0.2, 0) is 17.9 Å². The van der Waals surface area contributed by atoms with Gasteiger partial charge in [-0.1, -0.05) is 78.9 Å². The molecule has 0 unspecified atom stereocenters. The average molecular weight is 482 g/mol. The molecule has 5 rings (SSSR count). The third kappa shape index (κ3) is 4.93. The lowest BCUT2D eigenvalue weighted by molar-refractivity contribution is -0.123. The lowest BCUT2D eigenvalue weighted by atomic mass is 10.0. The number of amides is 2. The van der Waals surface area contributed by atoms with Crippen molar-refractivity contribution in [2.24, 2.45) is 0 Å². The molecule has 2 amide bonds. The van der Waals surface area contributed by atoms with Crippen molar-refractivity contribution in [2.45, 2.75) is 13.2 Å². The number of ether oxygens (including phenoxy) is 2. The molecule has 1 fully saturated rings. The van der Waals surface area contributed by atoms with Gasteiger partial charge in [-0.15, -0.1) is 0 Å². The number of nitrogens with zero attached hydrogens (tertiary/aromatic N) is 1. The molecule has 0 bridgehead atoms. The molecule has 5 nitrogen and oxygen atoms in total. The first-order valence-electron chi connectivity index (χ1n) is 11.2. The van der Waals surface area contributed by atoms with Crippen LogP contribution in [0.4, 0.5) is 4.79 Å². The number of carbonyl (C=O) groups excluding carboxylic acids is 2. The van der Waals surface area contributed by atoms with E-state index in [1.54, 1.807) is 19.3 Å². The summed E-state index contributed by atoms with van der Waals surface area (Å²) in [6.07, 6.45) is 1.72. The maximum absolute atomic E-state index is 13.1. The Bertz CT molecular complexity index is 1430. The quantitative estimate of drug-likeness (QED) is 0.276. The molecule has 1 aliphatic rings. The second kappa shape index (κ2) is 10.1. The van der Waals surface area contributed by atoms with Crippen LogP contribution in [0.2, 0.25) is 0 Å². The Morgan fingerprint density at radius 2 is 1.63 bits per heavy atom. The molecule has 0 saturated carbocycles.